The predicted octanol–water partition coefficient (Wildman–Crippen LogP) is 2.97. The molecule has 5 heteroatoms. The van der Waals surface area contributed by atoms with Gasteiger partial charge in [-0.15, -0.1) is 12.4 Å². The normalized spacial score (nSPS) is 17.0. The van der Waals surface area contributed by atoms with Crippen LogP contribution in [0.4, 0.5) is 0 Å². The average Bonchev–Trinajstić information content (AvgIpc) is 2.60. The lowest BCUT2D eigenvalue weighted by Gasteiger charge is -2.31. The molecule has 2 aromatic rings. The summed E-state index contributed by atoms with van der Waals surface area (Å²) in [5.74, 6) is 0.788. The summed E-state index contributed by atoms with van der Waals surface area (Å²) in [6, 6.07) is 18.3. The fraction of sp³-hybridized carbons (Fsp3) is 0.316. The van der Waals surface area contributed by atoms with Crippen LogP contribution in [0, 0.1) is 0 Å². The molecule has 1 atom stereocenters. The number of carbonyl (C=O) groups is 1. The number of para-hydroxylation sites is 1. The third-order valence-corrected chi connectivity index (χ3v) is 4.04. The molecule has 0 aromatic heterocycles. The van der Waals surface area contributed by atoms with E-state index < -0.39 is 0 Å². The number of nitrogens with zero attached hydrogens (tertiary/aromatic N) is 1. The third kappa shape index (κ3) is 4.49. The molecule has 0 radical (unpaired) electrons. The van der Waals surface area contributed by atoms with E-state index in [4.69, 9.17) is 4.74 Å². The Balaban J connectivity index is 0.00000208. The maximum absolute atomic E-state index is 12.3. The number of halogens is 1. The van der Waals surface area contributed by atoms with E-state index in [1.165, 1.54) is 0 Å². The van der Waals surface area contributed by atoms with Crippen LogP contribution in [-0.2, 0) is 4.79 Å². The van der Waals surface area contributed by atoms with E-state index in [9.17, 15) is 4.79 Å². The molecule has 24 heavy (non-hydrogen) atoms. The molecule has 0 spiro atoms. The molecule has 0 aliphatic carbocycles. The van der Waals surface area contributed by atoms with Crippen molar-refractivity contribution in [1.82, 2.24) is 10.2 Å². The number of amides is 1. The maximum Gasteiger partial charge on any atom is 0.260 e. The minimum atomic E-state index is 0. The number of hydrogen-bond acceptors (Lipinski definition) is 3. The molecule has 1 N–H and O–H groups in total. The standard InChI is InChI=1S/C19H22N2O2.ClH/c1-15-13-21(12-11-20-15)19(22)14-23-18-10-6-5-9-17(18)16-7-3-2-4-8-16;/h2-10,15,20H,11-14H2,1H3;1H. The number of piperazine rings is 1. The van der Waals surface area contributed by atoms with Crippen LogP contribution in [0.5, 0.6) is 5.75 Å². The van der Waals surface area contributed by atoms with Crippen LogP contribution in [0.3, 0.4) is 0 Å². The second-order valence-electron chi connectivity index (χ2n) is 5.85. The first-order valence-corrected chi connectivity index (χ1v) is 8.02. The minimum absolute atomic E-state index is 0. The summed E-state index contributed by atoms with van der Waals surface area (Å²) < 4.78 is 5.83. The van der Waals surface area contributed by atoms with Gasteiger partial charge in [0, 0.05) is 31.2 Å². The van der Waals surface area contributed by atoms with Crippen molar-refractivity contribution < 1.29 is 9.53 Å². The zero-order valence-electron chi connectivity index (χ0n) is 13.8. The topological polar surface area (TPSA) is 41.6 Å². The molecule has 1 unspecified atom stereocenters. The van der Waals surface area contributed by atoms with Gasteiger partial charge >= 0.3 is 0 Å². The predicted molar refractivity (Wildman–Crippen MR) is 98.7 cm³/mol. The molecule has 1 saturated heterocycles. The second kappa shape index (κ2) is 8.71. The summed E-state index contributed by atoms with van der Waals surface area (Å²) in [6.45, 7) is 4.49. The van der Waals surface area contributed by atoms with Gasteiger partial charge in [-0.25, -0.2) is 0 Å². The number of rotatable bonds is 4. The van der Waals surface area contributed by atoms with Gasteiger partial charge in [0.2, 0.25) is 0 Å². The maximum atomic E-state index is 12.3. The Morgan fingerprint density at radius 2 is 1.88 bits per heavy atom. The zero-order chi connectivity index (χ0) is 16.1. The SMILES string of the molecule is CC1CN(C(=O)COc2ccccc2-c2ccccc2)CCN1.Cl. The Hall–Kier alpha value is -2.04. The third-order valence-electron chi connectivity index (χ3n) is 4.04. The molecule has 1 amide bonds. The highest BCUT2D eigenvalue weighted by atomic mass is 35.5. The van der Waals surface area contributed by atoms with Crippen molar-refractivity contribution in [2.24, 2.45) is 0 Å². The number of hydrogen-bond donors (Lipinski definition) is 1. The Labute approximate surface area is 149 Å². The highest BCUT2D eigenvalue weighted by Gasteiger charge is 2.21. The Morgan fingerprint density at radius 1 is 1.17 bits per heavy atom. The van der Waals surface area contributed by atoms with E-state index in [0.29, 0.717) is 6.04 Å². The first-order valence-electron chi connectivity index (χ1n) is 8.02. The summed E-state index contributed by atoms with van der Waals surface area (Å²) in [5, 5.41) is 3.34. The van der Waals surface area contributed by atoms with Crippen LogP contribution in [0.1, 0.15) is 6.92 Å². The van der Waals surface area contributed by atoms with Crippen molar-refractivity contribution in [1.29, 1.82) is 0 Å². The molecular weight excluding hydrogens is 324 g/mol. The van der Waals surface area contributed by atoms with Crippen LogP contribution in [0.2, 0.25) is 0 Å². The van der Waals surface area contributed by atoms with E-state index in [1.54, 1.807) is 0 Å². The smallest absolute Gasteiger partial charge is 0.260 e. The van der Waals surface area contributed by atoms with E-state index in [0.717, 1.165) is 36.5 Å². The molecular formula is C19H23ClN2O2. The van der Waals surface area contributed by atoms with E-state index in [2.05, 4.69) is 12.2 Å². The Bertz CT molecular complexity index is 663. The largest absolute Gasteiger partial charge is 0.483 e. The fourth-order valence-electron chi connectivity index (χ4n) is 2.84. The van der Waals surface area contributed by atoms with Gasteiger partial charge in [-0.05, 0) is 18.6 Å². The quantitative estimate of drug-likeness (QED) is 0.925. The van der Waals surface area contributed by atoms with Crippen molar-refractivity contribution >= 4 is 18.3 Å². The molecule has 2 aromatic carbocycles. The zero-order valence-corrected chi connectivity index (χ0v) is 14.6. The van der Waals surface area contributed by atoms with Crippen LogP contribution in [0.15, 0.2) is 54.6 Å². The lowest BCUT2D eigenvalue weighted by Crippen LogP contribution is -2.52. The van der Waals surface area contributed by atoms with Crippen LogP contribution in [-0.4, -0.2) is 43.1 Å². The lowest BCUT2D eigenvalue weighted by atomic mass is 10.1. The van der Waals surface area contributed by atoms with Gasteiger partial charge in [0.05, 0.1) is 0 Å². The monoisotopic (exact) mass is 346 g/mol. The number of ether oxygens (including phenoxy) is 1. The molecule has 0 bridgehead atoms. The van der Waals surface area contributed by atoms with Crippen molar-refractivity contribution in [3.05, 3.63) is 54.6 Å². The summed E-state index contributed by atoms with van der Waals surface area (Å²) in [5.41, 5.74) is 2.10. The van der Waals surface area contributed by atoms with E-state index in [-0.39, 0.29) is 24.9 Å². The molecule has 3 rings (SSSR count). The van der Waals surface area contributed by atoms with Crippen LogP contribution < -0.4 is 10.1 Å². The van der Waals surface area contributed by atoms with Crippen LogP contribution >= 0.6 is 12.4 Å². The summed E-state index contributed by atoms with van der Waals surface area (Å²) in [4.78, 5) is 14.2. The number of nitrogens with one attached hydrogen (secondary N) is 1. The van der Waals surface area contributed by atoms with Crippen molar-refractivity contribution in [3.8, 4) is 16.9 Å². The first kappa shape index (κ1) is 18.3. The first-order chi connectivity index (χ1) is 11.2. The Kier molecular flexibility index (Phi) is 6.64. The second-order valence-corrected chi connectivity index (χ2v) is 5.85. The van der Waals surface area contributed by atoms with Crippen LogP contribution in [0.25, 0.3) is 11.1 Å². The molecule has 1 aliphatic rings. The molecule has 1 heterocycles. The summed E-state index contributed by atoms with van der Waals surface area (Å²) >= 11 is 0. The molecule has 1 aliphatic heterocycles. The van der Waals surface area contributed by atoms with Gasteiger partial charge in [0.25, 0.3) is 5.91 Å². The van der Waals surface area contributed by atoms with Crippen molar-refractivity contribution in [3.63, 3.8) is 0 Å². The van der Waals surface area contributed by atoms with Crippen molar-refractivity contribution in [2.45, 2.75) is 13.0 Å². The highest BCUT2D eigenvalue weighted by Crippen LogP contribution is 2.29. The fourth-order valence-corrected chi connectivity index (χ4v) is 2.84. The molecule has 128 valence electrons. The van der Waals surface area contributed by atoms with Gasteiger partial charge < -0.3 is 15.0 Å². The highest BCUT2D eigenvalue weighted by molar-refractivity contribution is 5.85. The lowest BCUT2D eigenvalue weighted by molar-refractivity contribution is -0.134. The summed E-state index contributed by atoms with van der Waals surface area (Å²) in [6.07, 6.45) is 0. The van der Waals surface area contributed by atoms with E-state index >= 15 is 0 Å². The minimum Gasteiger partial charge on any atom is -0.483 e. The van der Waals surface area contributed by atoms with E-state index in [1.807, 2.05) is 59.5 Å². The van der Waals surface area contributed by atoms with Gasteiger partial charge in [0.1, 0.15) is 5.75 Å². The number of carbonyl (C=O) groups excluding carboxylic acids is 1. The van der Waals surface area contributed by atoms with Gasteiger partial charge in [-0.1, -0.05) is 48.5 Å². The van der Waals surface area contributed by atoms with Gasteiger partial charge in [-0.2, -0.15) is 0 Å². The molecule has 4 nitrogen and oxygen atoms in total. The van der Waals surface area contributed by atoms with Gasteiger partial charge in [-0.3, -0.25) is 4.79 Å². The molecule has 1 fully saturated rings. The Morgan fingerprint density at radius 3 is 2.62 bits per heavy atom. The summed E-state index contributed by atoms with van der Waals surface area (Å²) in [7, 11) is 0. The number of benzene rings is 2. The van der Waals surface area contributed by atoms with Crippen molar-refractivity contribution in [2.75, 3.05) is 26.2 Å². The average molecular weight is 347 g/mol. The van der Waals surface area contributed by atoms with Gasteiger partial charge in [0.15, 0.2) is 6.61 Å². The molecule has 0 saturated carbocycles.